The number of aryl methyl sites for hydroxylation is 6. The molecule has 0 amide bonds. The lowest BCUT2D eigenvalue weighted by Crippen LogP contribution is -2.02. The van der Waals surface area contributed by atoms with E-state index in [0.29, 0.717) is 11.1 Å². The van der Waals surface area contributed by atoms with E-state index in [2.05, 4.69) is 208 Å². The summed E-state index contributed by atoms with van der Waals surface area (Å²) in [6, 6.07) is 71.3. The summed E-state index contributed by atoms with van der Waals surface area (Å²) in [6.45, 7) is 4.54. The van der Waals surface area contributed by atoms with E-state index in [9.17, 15) is 10.5 Å². The minimum absolute atomic E-state index is 0.655. The van der Waals surface area contributed by atoms with E-state index in [4.69, 9.17) is 0 Å². The summed E-state index contributed by atoms with van der Waals surface area (Å²) in [7, 11) is 0. The second kappa shape index (κ2) is 27.1. The molecule has 0 radical (unpaired) electrons. The summed E-state index contributed by atoms with van der Waals surface area (Å²) in [5, 5.41) is 20.6. The summed E-state index contributed by atoms with van der Waals surface area (Å²) >= 11 is 0. The van der Waals surface area contributed by atoms with Crippen LogP contribution in [0.1, 0.15) is 147 Å². The Bertz CT molecular complexity index is 3060. The van der Waals surface area contributed by atoms with Crippen molar-refractivity contribution in [1.82, 2.24) is 0 Å². The highest BCUT2D eigenvalue weighted by Gasteiger charge is 2.15. The van der Waals surface area contributed by atoms with Gasteiger partial charge in [0.15, 0.2) is 0 Å². The third-order valence-electron chi connectivity index (χ3n) is 15.6. The molecule has 0 aromatic heterocycles. The predicted molar refractivity (Wildman–Crippen MR) is 323 cm³/mol. The fourth-order valence-corrected chi connectivity index (χ4v) is 10.9. The van der Waals surface area contributed by atoms with Crippen LogP contribution in [-0.4, -0.2) is 0 Å². The van der Waals surface area contributed by atoms with E-state index in [1.807, 2.05) is 12.2 Å². The number of benzene rings is 8. The van der Waals surface area contributed by atoms with Gasteiger partial charge in [0.05, 0.1) is 23.3 Å². The number of nitrogens with zero attached hydrogens (tertiary/aromatic N) is 2. The molecule has 0 saturated carbocycles. The van der Waals surface area contributed by atoms with Crippen molar-refractivity contribution in [3.05, 3.63) is 238 Å². The molecule has 0 saturated heterocycles. The lowest BCUT2D eigenvalue weighted by atomic mass is 9.87. The Morgan fingerprint density at radius 1 is 0.355 bits per heavy atom. The normalized spacial score (nSPS) is 12.5. The smallest absolute Gasteiger partial charge is 0.0998 e. The SMILES string of the molecule is CCCCCCCCc1ccc(-c2ccc(/C(C#N)=C/c3ccc(-c4cc5ccc4CCc4ccc(cc4-c4ccc(/C=C(/C#N)c6ccc(-c7ccc(CCCCCCCC)cc7)cc6)cc4)CC5)cc3)cc2)cc1. The molecule has 380 valence electrons. The molecular weight excluding hydrogens is 917 g/mol. The summed E-state index contributed by atoms with van der Waals surface area (Å²) in [6.07, 6.45) is 25.8. The number of hydrogen-bond donors (Lipinski definition) is 0. The van der Waals surface area contributed by atoms with Crippen LogP contribution in [0.3, 0.4) is 0 Å². The summed E-state index contributed by atoms with van der Waals surface area (Å²) in [5.74, 6) is 0. The molecule has 4 aliphatic rings. The van der Waals surface area contributed by atoms with E-state index in [1.165, 1.54) is 144 Å². The highest BCUT2D eigenvalue weighted by Crippen LogP contribution is 2.34. The third-order valence-corrected chi connectivity index (χ3v) is 15.6. The zero-order valence-electron chi connectivity index (χ0n) is 45.1. The molecule has 8 aromatic rings. The number of unbranched alkanes of at least 4 members (excludes halogenated alkanes) is 10. The predicted octanol–water partition coefficient (Wildman–Crippen LogP) is 20.2. The molecule has 4 aliphatic carbocycles. The quantitative estimate of drug-likeness (QED) is 0.0386. The van der Waals surface area contributed by atoms with Crippen LogP contribution in [0.15, 0.2) is 182 Å². The molecule has 76 heavy (non-hydrogen) atoms. The summed E-state index contributed by atoms with van der Waals surface area (Å²) in [5.41, 5.74) is 23.0. The van der Waals surface area contributed by atoms with Gasteiger partial charge in [-0.2, -0.15) is 10.5 Å². The van der Waals surface area contributed by atoms with Gasteiger partial charge >= 0.3 is 0 Å². The summed E-state index contributed by atoms with van der Waals surface area (Å²) in [4.78, 5) is 0. The molecular formula is C74H74N2. The van der Waals surface area contributed by atoms with Gasteiger partial charge in [-0.1, -0.05) is 260 Å². The van der Waals surface area contributed by atoms with Crippen molar-refractivity contribution in [2.24, 2.45) is 0 Å². The lowest BCUT2D eigenvalue weighted by molar-refractivity contribution is 0.607. The molecule has 0 N–H and O–H groups in total. The Morgan fingerprint density at radius 2 is 0.684 bits per heavy atom. The number of hydrogen-bond acceptors (Lipinski definition) is 2. The van der Waals surface area contributed by atoms with E-state index in [0.717, 1.165) is 71.9 Å². The molecule has 2 heteroatoms. The van der Waals surface area contributed by atoms with E-state index in [1.54, 1.807) is 0 Å². The zero-order chi connectivity index (χ0) is 52.3. The average molecular weight is 991 g/mol. The van der Waals surface area contributed by atoms with Crippen molar-refractivity contribution in [1.29, 1.82) is 10.5 Å². The fraction of sp³-hybridized carbons (Fsp3) is 0.270. The molecule has 0 heterocycles. The van der Waals surface area contributed by atoms with Crippen LogP contribution in [-0.2, 0) is 38.5 Å². The van der Waals surface area contributed by atoms with E-state index in [-0.39, 0.29) is 0 Å². The molecule has 12 rings (SSSR count). The maximum Gasteiger partial charge on any atom is 0.0998 e. The highest BCUT2D eigenvalue weighted by molar-refractivity contribution is 5.91. The first-order valence-corrected chi connectivity index (χ1v) is 28.5. The van der Waals surface area contributed by atoms with E-state index < -0.39 is 0 Å². The molecule has 0 spiro atoms. The maximum absolute atomic E-state index is 10.3. The van der Waals surface area contributed by atoms with Gasteiger partial charge in [0.2, 0.25) is 0 Å². The molecule has 4 bridgehead atoms. The van der Waals surface area contributed by atoms with Crippen LogP contribution in [0.2, 0.25) is 0 Å². The average Bonchev–Trinajstić information content (AvgIpc) is 3.47. The first-order chi connectivity index (χ1) is 37.5. The maximum atomic E-state index is 10.3. The Kier molecular flexibility index (Phi) is 18.9. The zero-order valence-corrected chi connectivity index (χ0v) is 45.1. The number of nitriles is 2. The monoisotopic (exact) mass is 991 g/mol. The largest absolute Gasteiger partial charge is 0.192 e. The third kappa shape index (κ3) is 14.3. The minimum atomic E-state index is 0.655. The number of allylic oxidation sites excluding steroid dienone is 2. The van der Waals surface area contributed by atoms with Gasteiger partial charge in [0, 0.05) is 0 Å². The lowest BCUT2D eigenvalue weighted by Gasteiger charge is -2.18. The van der Waals surface area contributed by atoms with Crippen LogP contribution in [0.4, 0.5) is 0 Å². The van der Waals surface area contributed by atoms with Crippen molar-refractivity contribution in [3.8, 4) is 56.6 Å². The Labute approximate surface area is 455 Å². The van der Waals surface area contributed by atoms with Crippen molar-refractivity contribution in [2.45, 2.75) is 129 Å². The number of rotatable bonds is 22. The molecule has 0 fully saturated rings. The molecule has 2 nitrogen and oxygen atoms in total. The first-order valence-electron chi connectivity index (χ1n) is 28.5. The van der Waals surface area contributed by atoms with Crippen molar-refractivity contribution < 1.29 is 0 Å². The standard InChI is InChI=1S/C74H74N2/c1-3-5-7-9-11-13-15-55-19-29-61(30-20-55)63-39-43-65(44-40-63)71(53-75)49-57-23-33-67(34-24-57)73-51-59-17-18-60-28-38-70(48-47-69(73)37-27-59)74(52-60)68-35-25-58(26-36-68)50-72(54-76)66-45-41-64(42-46-66)62-31-21-56(22-32-62)16-14-12-10-8-6-4-2/h19-46,49-52H,3-18,47-48H2,1-2H3/b71-49-,72-50+. The van der Waals surface area contributed by atoms with Gasteiger partial charge in [-0.25, -0.2) is 0 Å². The van der Waals surface area contributed by atoms with Gasteiger partial charge in [-0.15, -0.1) is 0 Å². The topological polar surface area (TPSA) is 47.6 Å². The van der Waals surface area contributed by atoms with Crippen molar-refractivity contribution in [2.75, 3.05) is 0 Å². The van der Waals surface area contributed by atoms with Crippen molar-refractivity contribution >= 4 is 23.3 Å². The molecule has 0 aliphatic heterocycles. The van der Waals surface area contributed by atoms with Crippen LogP contribution >= 0.6 is 0 Å². The minimum Gasteiger partial charge on any atom is -0.192 e. The Hall–Kier alpha value is -7.78. The van der Waals surface area contributed by atoms with Crippen molar-refractivity contribution in [3.63, 3.8) is 0 Å². The van der Waals surface area contributed by atoms with Gasteiger partial charge in [-0.05, 0) is 164 Å². The Morgan fingerprint density at radius 3 is 1.04 bits per heavy atom. The van der Waals surface area contributed by atoms with Gasteiger partial charge in [-0.3, -0.25) is 0 Å². The van der Waals surface area contributed by atoms with Gasteiger partial charge < -0.3 is 0 Å². The summed E-state index contributed by atoms with van der Waals surface area (Å²) < 4.78 is 0. The van der Waals surface area contributed by atoms with Crippen LogP contribution in [0, 0.1) is 22.7 Å². The first kappa shape index (κ1) is 53.1. The van der Waals surface area contributed by atoms with Crippen LogP contribution in [0.25, 0.3) is 67.8 Å². The Balaban J connectivity index is 0.835. The molecule has 0 atom stereocenters. The van der Waals surface area contributed by atoms with E-state index >= 15 is 0 Å². The highest BCUT2D eigenvalue weighted by atomic mass is 14.3. The molecule has 8 aromatic carbocycles. The second-order valence-electron chi connectivity index (χ2n) is 21.2. The van der Waals surface area contributed by atoms with Crippen LogP contribution in [0.5, 0.6) is 0 Å². The molecule has 0 unspecified atom stereocenters. The fourth-order valence-electron chi connectivity index (χ4n) is 10.9. The van der Waals surface area contributed by atoms with Gasteiger partial charge in [0.1, 0.15) is 0 Å². The second-order valence-corrected chi connectivity index (χ2v) is 21.2. The van der Waals surface area contributed by atoms with Gasteiger partial charge in [0.25, 0.3) is 0 Å². The van der Waals surface area contributed by atoms with Crippen LogP contribution < -0.4 is 0 Å².